The average molecular weight is 426 g/mol. The van der Waals surface area contributed by atoms with Gasteiger partial charge in [0, 0.05) is 37.4 Å². The van der Waals surface area contributed by atoms with Gasteiger partial charge in [-0.3, -0.25) is 4.79 Å². The number of rotatable bonds is 5. The summed E-state index contributed by atoms with van der Waals surface area (Å²) in [5, 5.41) is 0. The van der Waals surface area contributed by atoms with Crippen LogP contribution in [0.25, 0.3) is 11.3 Å². The summed E-state index contributed by atoms with van der Waals surface area (Å²) in [5.41, 5.74) is 1.52. The molecule has 0 bridgehead atoms. The number of hydrogen-bond acceptors (Lipinski definition) is 5. The normalized spacial score (nSPS) is 13.9. The molecule has 0 radical (unpaired) electrons. The summed E-state index contributed by atoms with van der Waals surface area (Å²) in [7, 11) is 0. The number of piperazine rings is 1. The van der Waals surface area contributed by atoms with Crippen LogP contribution in [-0.2, 0) is 9.53 Å². The van der Waals surface area contributed by atoms with Crippen molar-refractivity contribution in [1.82, 2.24) is 4.90 Å². The maximum Gasteiger partial charge on any atom is 0.374 e. The molecule has 8 heteroatoms. The van der Waals surface area contributed by atoms with Gasteiger partial charge in [0.25, 0.3) is 5.91 Å². The van der Waals surface area contributed by atoms with Crippen molar-refractivity contribution in [2.75, 3.05) is 37.7 Å². The van der Waals surface area contributed by atoms with E-state index in [4.69, 9.17) is 9.15 Å². The molecule has 160 valence electrons. The van der Waals surface area contributed by atoms with E-state index in [-0.39, 0.29) is 29.9 Å². The van der Waals surface area contributed by atoms with Gasteiger partial charge >= 0.3 is 5.97 Å². The Kier molecular flexibility index (Phi) is 5.97. The maximum atomic E-state index is 13.1. The average Bonchev–Trinajstić information content (AvgIpc) is 3.29. The quantitative estimate of drug-likeness (QED) is 0.582. The van der Waals surface area contributed by atoms with Gasteiger partial charge in [-0.1, -0.05) is 0 Å². The fraction of sp³-hybridized carbons (Fsp3) is 0.217. The number of nitrogens with zero attached hydrogens (tertiary/aromatic N) is 2. The Morgan fingerprint density at radius 1 is 0.839 bits per heavy atom. The minimum absolute atomic E-state index is 0.0340. The van der Waals surface area contributed by atoms with Crippen LogP contribution in [-0.4, -0.2) is 49.6 Å². The van der Waals surface area contributed by atoms with Crippen molar-refractivity contribution in [3.05, 3.63) is 78.1 Å². The lowest BCUT2D eigenvalue weighted by atomic mass is 10.2. The topological polar surface area (TPSA) is 63.0 Å². The molecule has 1 fully saturated rings. The second-order valence-electron chi connectivity index (χ2n) is 7.09. The lowest BCUT2D eigenvalue weighted by molar-refractivity contribution is -0.134. The van der Waals surface area contributed by atoms with Gasteiger partial charge in [0.15, 0.2) is 6.61 Å². The summed E-state index contributed by atoms with van der Waals surface area (Å²) in [4.78, 5) is 28.3. The first-order chi connectivity index (χ1) is 15.0. The van der Waals surface area contributed by atoms with Crippen molar-refractivity contribution in [3.8, 4) is 11.3 Å². The molecule has 2 aromatic carbocycles. The van der Waals surface area contributed by atoms with Crippen molar-refractivity contribution in [3.63, 3.8) is 0 Å². The van der Waals surface area contributed by atoms with Gasteiger partial charge in [0.05, 0.1) is 0 Å². The van der Waals surface area contributed by atoms with Crippen molar-refractivity contribution >= 4 is 17.6 Å². The van der Waals surface area contributed by atoms with Crippen LogP contribution in [0, 0.1) is 11.6 Å². The van der Waals surface area contributed by atoms with Crippen LogP contribution in [0.2, 0.25) is 0 Å². The zero-order valence-electron chi connectivity index (χ0n) is 16.6. The van der Waals surface area contributed by atoms with Gasteiger partial charge in [-0.05, 0) is 60.7 Å². The Balaban J connectivity index is 1.27. The molecular weight excluding hydrogens is 406 g/mol. The van der Waals surface area contributed by atoms with Crippen molar-refractivity contribution < 1.29 is 27.5 Å². The van der Waals surface area contributed by atoms with Crippen molar-refractivity contribution in [2.45, 2.75) is 0 Å². The standard InChI is InChI=1S/C23H20F2N2O4/c24-17-3-1-16(2-4-17)20-9-10-21(31-20)23(29)30-15-22(28)27-13-11-26(12-14-27)19-7-5-18(25)6-8-19/h1-10H,11-15H2. The second-order valence-corrected chi connectivity index (χ2v) is 7.09. The van der Waals surface area contributed by atoms with Crippen LogP contribution in [0.5, 0.6) is 0 Å². The lowest BCUT2D eigenvalue weighted by Gasteiger charge is -2.36. The van der Waals surface area contributed by atoms with Gasteiger partial charge < -0.3 is 19.0 Å². The molecule has 0 spiro atoms. The third-order valence-corrected chi connectivity index (χ3v) is 5.09. The number of furan rings is 1. The summed E-state index contributed by atoms with van der Waals surface area (Å²) in [6.07, 6.45) is 0. The number of ether oxygens (including phenoxy) is 1. The van der Waals surface area contributed by atoms with E-state index in [0.29, 0.717) is 37.5 Å². The number of carbonyl (C=O) groups excluding carboxylic acids is 2. The molecule has 31 heavy (non-hydrogen) atoms. The number of halogens is 2. The number of anilines is 1. The monoisotopic (exact) mass is 426 g/mol. The van der Waals surface area contributed by atoms with E-state index in [0.717, 1.165) is 5.69 Å². The van der Waals surface area contributed by atoms with Gasteiger partial charge in [-0.15, -0.1) is 0 Å². The smallest absolute Gasteiger partial charge is 0.374 e. The fourth-order valence-corrected chi connectivity index (χ4v) is 3.37. The van der Waals surface area contributed by atoms with E-state index in [1.807, 2.05) is 0 Å². The molecule has 0 atom stereocenters. The molecule has 2 heterocycles. The molecule has 1 saturated heterocycles. The molecule has 1 aliphatic rings. The number of amides is 1. The predicted molar refractivity (Wildman–Crippen MR) is 110 cm³/mol. The number of carbonyl (C=O) groups is 2. The molecule has 4 rings (SSSR count). The number of benzene rings is 2. The van der Waals surface area contributed by atoms with E-state index in [9.17, 15) is 18.4 Å². The van der Waals surface area contributed by atoms with E-state index < -0.39 is 5.97 Å². The third kappa shape index (κ3) is 4.91. The zero-order chi connectivity index (χ0) is 21.8. The highest BCUT2D eigenvalue weighted by atomic mass is 19.1. The van der Waals surface area contributed by atoms with Crippen LogP contribution < -0.4 is 4.90 Å². The molecule has 1 aromatic heterocycles. The Morgan fingerprint density at radius 2 is 1.45 bits per heavy atom. The van der Waals surface area contributed by atoms with E-state index in [1.54, 1.807) is 35.2 Å². The summed E-state index contributed by atoms with van der Waals surface area (Å²) < 4.78 is 36.7. The van der Waals surface area contributed by atoms with Crippen LogP contribution in [0.15, 0.2) is 65.1 Å². The molecule has 0 unspecified atom stereocenters. The molecule has 0 saturated carbocycles. The SMILES string of the molecule is O=C(OCC(=O)N1CCN(c2ccc(F)cc2)CC1)c1ccc(-c2ccc(F)cc2)o1. The van der Waals surface area contributed by atoms with E-state index in [2.05, 4.69) is 4.90 Å². The van der Waals surface area contributed by atoms with Crippen LogP contribution in [0.1, 0.15) is 10.6 Å². The largest absolute Gasteiger partial charge is 0.450 e. The highest BCUT2D eigenvalue weighted by Crippen LogP contribution is 2.23. The molecule has 1 amide bonds. The van der Waals surface area contributed by atoms with Crippen molar-refractivity contribution in [2.24, 2.45) is 0 Å². The fourth-order valence-electron chi connectivity index (χ4n) is 3.37. The van der Waals surface area contributed by atoms with Crippen LogP contribution in [0.3, 0.4) is 0 Å². The van der Waals surface area contributed by atoms with Gasteiger partial charge in [0.1, 0.15) is 17.4 Å². The Labute approximate surface area is 177 Å². The summed E-state index contributed by atoms with van der Waals surface area (Å²) in [5.74, 6) is -1.33. The molecule has 1 aliphatic heterocycles. The maximum absolute atomic E-state index is 13.1. The van der Waals surface area contributed by atoms with Crippen LogP contribution >= 0.6 is 0 Å². The number of esters is 1. The van der Waals surface area contributed by atoms with Gasteiger partial charge in [-0.2, -0.15) is 0 Å². The Hall–Kier alpha value is -3.68. The van der Waals surface area contributed by atoms with E-state index in [1.165, 1.54) is 30.3 Å². The van der Waals surface area contributed by atoms with E-state index >= 15 is 0 Å². The molecule has 0 aliphatic carbocycles. The van der Waals surface area contributed by atoms with Gasteiger partial charge in [-0.25, -0.2) is 13.6 Å². The lowest BCUT2D eigenvalue weighted by Crippen LogP contribution is -2.49. The highest BCUT2D eigenvalue weighted by Gasteiger charge is 2.23. The summed E-state index contributed by atoms with van der Waals surface area (Å²) in [6, 6.07) is 14.9. The second kappa shape index (κ2) is 8.99. The van der Waals surface area contributed by atoms with Crippen molar-refractivity contribution in [1.29, 1.82) is 0 Å². The predicted octanol–water partition coefficient (Wildman–Crippen LogP) is 3.73. The first-order valence-corrected chi connectivity index (χ1v) is 9.81. The first kappa shape index (κ1) is 20.6. The zero-order valence-corrected chi connectivity index (χ0v) is 16.6. The number of hydrogen-bond donors (Lipinski definition) is 0. The highest BCUT2D eigenvalue weighted by molar-refractivity contribution is 5.89. The first-order valence-electron chi connectivity index (χ1n) is 9.81. The Morgan fingerprint density at radius 3 is 2.10 bits per heavy atom. The third-order valence-electron chi connectivity index (χ3n) is 5.09. The van der Waals surface area contributed by atoms with Gasteiger partial charge in [0.2, 0.25) is 5.76 Å². The molecule has 0 N–H and O–H groups in total. The summed E-state index contributed by atoms with van der Waals surface area (Å²) in [6.45, 7) is 1.77. The molecule has 3 aromatic rings. The molecule has 6 nitrogen and oxygen atoms in total. The summed E-state index contributed by atoms with van der Waals surface area (Å²) >= 11 is 0. The minimum Gasteiger partial charge on any atom is -0.450 e. The Bertz CT molecular complexity index is 1060. The van der Waals surface area contributed by atoms with Crippen LogP contribution in [0.4, 0.5) is 14.5 Å². The molecular formula is C23H20F2N2O4. The minimum atomic E-state index is -0.744.